The second-order valence-electron chi connectivity index (χ2n) is 13.3. The highest BCUT2D eigenvalue weighted by Crippen LogP contribution is 2.16. The predicted molar refractivity (Wildman–Crippen MR) is 198 cm³/mol. The molecule has 0 saturated carbocycles. The average molecular weight is 705 g/mol. The van der Waals surface area contributed by atoms with Gasteiger partial charge in [-0.3, -0.25) is 19.2 Å². The smallest absolute Gasteiger partial charge is 0.320 e. The first kappa shape index (κ1) is 51.1. The molecule has 0 fully saturated rings. The van der Waals surface area contributed by atoms with Gasteiger partial charge in [-0.2, -0.15) is 0 Å². The molecule has 9 N–H and O–H groups in total. The molecule has 0 spiro atoms. The summed E-state index contributed by atoms with van der Waals surface area (Å²) >= 11 is 0. The van der Waals surface area contributed by atoms with E-state index in [-0.39, 0.29) is 25.7 Å². The first-order valence-corrected chi connectivity index (χ1v) is 19.5. The van der Waals surface area contributed by atoms with Gasteiger partial charge < -0.3 is 37.0 Å². The maximum absolute atomic E-state index is 9.99. The molecule has 0 amide bonds. The van der Waals surface area contributed by atoms with Crippen molar-refractivity contribution in [2.75, 3.05) is 6.61 Å². The molecule has 11 heteroatoms. The highest BCUT2D eigenvalue weighted by atomic mass is 16.4. The van der Waals surface area contributed by atoms with E-state index in [4.69, 9.17) is 37.0 Å². The van der Waals surface area contributed by atoms with Crippen molar-refractivity contribution < 1.29 is 44.7 Å². The highest BCUT2D eigenvalue weighted by molar-refractivity contribution is 5.75. The summed E-state index contributed by atoms with van der Waals surface area (Å²) in [7, 11) is 0. The van der Waals surface area contributed by atoms with Crippen LogP contribution in [0.2, 0.25) is 0 Å². The van der Waals surface area contributed by atoms with Gasteiger partial charge in [-0.05, 0) is 19.3 Å². The molecular formula is C38H76N2O9. The predicted octanol–water partition coefficient (Wildman–Crippen LogP) is 8.67. The third-order valence-electron chi connectivity index (χ3n) is 8.48. The standard InChI is InChI=1S/C28H58O.2C5H9NO4/c1-2-3-4-5-6-7-8-9-10-11-12-13-14-15-16-17-18-19-20-21-22-23-24-25-26-27-28-29;2*6-3(5(9)10)1-2-4(7)8/h29H,2-28H2,1H3;2*3H,1-2,6H2,(H,7,8)(H,9,10)/t;2*3-/m.00/s1. The Morgan fingerprint density at radius 3 is 0.776 bits per heavy atom. The van der Waals surface area contributed by atoms with Gasteiger partial charge >= 0.3 is 23.9 Å². The van der Waals surface area contributed by atoms with Gasteiger partial charge in [0.2, 0.25) is 0 Å². The Hall–Kier alpha value is -2.24. The summed E-state index contributed by atoms with van der Waals surface area (Å²) in [5.41, 5.74) is 10.0. The molecule has 2 atom stereocenters. The fraction of sp³-hybridized carbons (Fsp3) is 0.895. The Labute approximate surface area is 298 Å². The molecule has 0 aliphatic heterocycles. The van der Waals surface area contributed by atoms with Crippen LogP contribution in [0.25, 0.3) is 0 Å². The Kier molecular flexibility index (Phi) is 43.8. The number of rotatable bonds is 34. The SMILES string of the molecule is CCCCCCCCCCCCCCCCCCCCCCCCCCCCO.N[C@@H](CCC(=O)O)C(=O)O.N[C@@H](CCC(=O)O)C(=O)O. The van der Waals surface area contributed by atoms with Crippen LogP contribution in [0.3, 0.4) is 0 Å². The summed E-state index contributed by atoms with van der Waals surface area (Å²) in [6, 6.07) is -2.12. The Bertz CT molecular complexity index is 693. The van der Waals surface area contributed by atoms with Crippen molar-refractivity contribution >= 4 is 23.9 Å². The number of unbranched alkanes of at least 4 members (excludes halogenated alkanes) is 25. The van der Waals surface area contributed by atoms with Crippen LogP contribution in [-0.2, 0) is 19.2 Å². The molecule has 0 aromatic carbocycles. The number of carboxylic acids is 4. The molecule has 0 aromatic heterocycles. The lowest BCUT2D eigenvalue weighted by molar-refractivity contribution is -0.141. The summed E-state index contributed by atoms with van der Waals surface area (Å²) in [6.45, 7) is 2.67. The lowest BCUT2D eigenvalue weighted by Crippen LogP contribution is -2.30. The number of nitrogens with two attached hydrogens (primary N) is 2. The number of aliphatic hydroxyl groups is 1. The summed E-state index contributed by atoms with van der Waals surface area (Å²) in [5.74, 6) is -4.39. The largest absolute Gasteiger partial charge is 0.481 e. The van der Waals surface area contributed by atoms with Crippen molar-refractivity contribution in [1.29, 1.82) is 0 Å². The lowest BCUT2D eigenvalue weighted by Gasteiger charge is -2.04. The molecule has 0 aliphatic carbocycles. The van der Waals surface area contributed by atoms with Crippen LogP contribution in [0.5, 0.6) is 0 Å². The Balaban J connectivity index is -0.000000856. The minimum atomic E-state index is -1.17. The van der Waals surface area contributed by atoms with Crippen molar-refractivity contribution in [3.63, 3.8) is 0 Å². The minimum absolute atomic E-state index is 0.0231. The van der Waals surface area contributed by atoms with Crippen LogP contribution in [0.4, 0.5) is 0 Å². The quantitative estimate of drug-likeness (QED) is 0.0314. The van der Waals surface area contributed by atoms with Crippen LogP contribution in [0.1, 0.15) is 200 Å². The van der Waals surface area contributed by atoms with E-state index < -0.39 is 36.0 Å². The van der Waals surface area contributed by atoms with Gasteiger partial charge in [0.1, 0.15) is 12.1 Å². The van der Waals surface area contributed by atoms with Gasteiger partial charge in [0.25, 0.3) is 0 Å². The summed E-state index contributed by atoms with van der Waals surface area (Å²) < 4.78 is 0. The van der Waals surface area contributed by atoms with Gasteiger partial charge in [0.15, 0.2) is 0 Å². The molecule has 49 heavy (non-hydrogen) atoms. The summed E-state index contributed by atoms with van der Waals surface area (Å²) in [4.78, 5) is 39.7. The maximum atomic E-state index is 9.99. The number of carbonyl (C=O) groups is 4. The third kappa shape index (κ3) is 50.2. The van der Waals surface area contributed by atoms with Crippen LogP contribution < -0.4 is 11.5 Å². The van der Waals surface area contributed by atoms with E-state index in [0.717, 1.165) is 6.42 Å². The average Bonchev–Trinajstić information content (AvgIpc) is 3.06. The fourth-order valence-electron chi connectivity index (χ4n) is 5.23. The number of hydrogen-bond donors (Lipinski definition) is 7. The number of hydrogen-bond acceptors (Lipinski definition) is 7. The monoisotopic (exact) mass is 705 g/mol. The summed E-state index contributed by atoms with van der Waals surface area (Å²) in [5, 5.41) is 41.3. The van der Waals surface area contributed by atoms with E-state index in [1.807, 2.05) is 0 Å². The van der Waals surface area contributed by atoms with Crippen LogP contribution in [0, 0.1) is 0 Å². The van der Waals surface area contributed by atoms with E-state index in [0.29, 0.717) is 6.61 Å². The molecule has 0 aliphatic rings. The van der Waals surface area contributed by atoms with Gasteiger partial charge in [-0.15, -0.1) is 0 Å². The zero-order chi connectivity index (χ0) is 37.4. The van der Waals surface area contributed by atoms with Gasteiger partial charge in [-0.25, -0.2) is 0 Å². The van der Waals surface area contributed by atoms with Gasteiger partial charge in [0.05, 0.1) is 0 Å². The minimum Gasteiger partial charge on any atom is -0.481 e. The van der Waals surface area contributed by atoms with Gasteiger partial charge in [0, 0.05) is 19.4 Å². The molecule has 0 heterocycles. The zero-order valence-corrected chi connectivity index (χ0v) is 31.1. The number of aliphatic carboxylic acids is 4. The zero-order valence-electron chi connectivity index (χ0n) is 31.1. The molecule has 0 aromatic rings. The maximum Gasteiger partial charge on any atom is 0.320 e. The molecule has 292 valence electrons. The fourth-order valence-corrected chi connectivity index (χ4v) is 5.23. The van der Waals surface area contributed by atoms with Crippen molar-refractivity contribution in [3.05, 3.63) is 0 Å². The second kappa shape index (κ2) is 41.9. The molecule has 11 nitrogen and oxygen atoms in total. The molecule has 0 bridgehead atoms. The second-order valence-corrected chi connectivity index (χ2v) is 13.3. The molecular weight excluding hydrogens is 628 g/mol. The van der Waals surface area contributed by atoms with Crippen LogP contribution >= 0.6 is 0 Å². The van der Waals surface area contributed by atoms with E-state index in [2.05, 4.69) is 6.92 Å². The topological polar surface area (TPSA) is 221 Å². The number of aliphatic hydroxyl groups excluding tert-OH is 1. The lowest BCUT2D eigenvalue weighted by atomic mass is 10.0. The molecule has 0 rings (SSSR count). The normalized spacial score (nSPS) is 11.8. The van der Waals surface area contributed by atoms with E-state index in [1.165, 1.54) is 161 Å². The molecule has 0 unspecified atom stereocenters. The van der Waals surface area contributed by atoms with E-state index >= 15 is 0 Å². The Morgan fingerprint density at radius 2 is 0.612 bits per heavy atom. The molecule has 0 saturated heterocycles. The van der Waals surface area contributed by atoms with E-state index in [9.17, 15) is 19.2 Å². The summed E-state index contributed by atoms with van der Waals surface area (Å²) in [6.07, 6.45) is 36.6. The van der Waals surface area contributed by atoms with Crippen molar-refractivity contribution in [2.24, 2.45) is 11.5 Å². The molecule has 0 radical (unpaired) electrons. The van der Waals surface area contributed by atoms with Crippen LogP contribution in [-0.4, -0.2) is 68.1 Å². The Morgan fingerprint density at radius 1 is 0.408 bits per heavy atom. The first-order valence-electron chi connectivity index (χ1n) is 19.5. The van der Waals surface area contributed by atoms with E-state index in [1.54, 1.807) is 0 Å². The highest BCUT2D eigenvalue weighted by Gasteiger charge is 2.13. The van der Waals surface area contributed by atoms with Crippen molar-refractivity contribution in [3.8, 4) is 0 Å². The van der Waals surface area contributed by atoms with Gasteiger partial charge in [-0.1, -0.05) is 167 Å². The third-order valence-corrected chi connectivity index (χ3v) is 8.48. The van der Waals surface area contributed by atoms with Crippen LogP contribution in [0.15, 0.2) is 0 Å². The number of carboxylic acid groups (broad SMARTS) is 4. The van der Waals surface area contributed by atoms with Crippen molar-refractivity contribution in [2.45, 2.75) is 212 Å². The first-order chi connectivity index (χ1) is 23.5. The van der Waals surface area contributed by atoms with Crippen molar-refractivity contribution in [1.82, 2.24) is 0 Å².